The van der Waals surface area contributed by atoms with Crippen molar-refractivity contribution in [3.8, 4) is 11.8 Å². The largest absolute Gasteiger partial charge is 0.489 e. The molecule has 2 aliphatic heterocycles. The minimum Gasteiger partial charge on any atom is -0.489 e. The molecule has 1 saturated carbocycles. The van der Waals surface area contributed by atoms with E-state index in [4.69, 9.17) is 21.1 Å². The van der Waals surface area contributed by atoms with Crippen molar-refractivity contribution >= 4 is 29.3 Å². The molecule has 5 rings (SSSR count). The topological polar surface area (TPSA) is 98.1 Å². The second kappa shape index (κ2) is 13.6. The number of hydrogen-bond acceptors (Lipinski definition) is 7. The first kappa shape index (κ1) is 34.8. The summed E-state index contributed by atoms with van der Waals surface area (Å²) in [5, 5.41) is 12.8. The highest BCUT2D eigenvalue weighted by molar-refractivity contribution is 6.31. The van der Waals surface area contributed by atoms with E-state index in [1.165, 1.54) is 0 Å². The molecule has 0 aromatic heterocycles. The van der Waals surface area contributed by atoms with Crippen LogP contribution in [-0.4, -0.2) is 85.4 Å². The molecule has 0 bridgehead atoms. The van der Waals surface area contributed by atoms with Gasteiger partial charge in [-0.15, -0.1) is 0 Å². The third-order valence-corrected chi connectivity index (χ3v) is 10.4. The van der Waals surface area contributed by atoms with E-state index in [0.717, 1.165) is 64.3 Å². The lowest BCUT2D eigenvalue weighted by molar-refractivity contribution is -0.164. The first-order valence-corrected chi connectivity index (χ1v) is 17.2. The van der Waals surface area contributed by atoms with E-state index in [2.05, 4.69) is 61.0 Å². The van der Waals surface area contributed by atoms with Crippen LogP contribution < -0.4 is 15.0 Å². The maximum Gasteiger partial charge on any atom is 0.410 e. The highest BCUT2D eigenvalue weighted by Crippen LogP contribution is 2.55. The molecule has 47 heavy (non-hydrogen) atoms. The molecule has 2 heterocycles. The zero-order chi connectivity index (χ0) is 34.1. The first-order valence-electron chi connectivity index (χ1n) is 16.8. The Morgan fingerprint density at radius 2 is 1.57 bits per heavy atom. The molecule has 2 saturated heterocycles. The van der Waals surface area contributed by atoms with Crippen LogP contribution in [0.15, 0.2) is 42.5 Å². The Labute approximate surface area is 285 Å². The molecule has 0 atom stereocenters. The fraction of sp³-hybridized carbons (Fsp3) is 0.595. The highest BCUT2D eigenvalue weighted by atomic mass is 35.5. The number of amides is 2. The van der Waals surface area contributed by atoms with Crippen molar-refractivity contribution in [2.24, 2.45) is 16.7 Å². The fourth-order valence-electron chi connectivity index (χ4n) is 7.81. The minimum absolute atomic E-state index is 0.0925. The van der Waals surface area contributed by atoms with E-state index in [0.29, 0.717) is 27.8 Å². The lowest BCUT2D eigenvalue weighted by Crippen LogP contribution is -2.74. The molecule has 2 amide bonds. The molecule has 9 nitrogen and oxygen atoms in total. The van der Waals surface area contributed by atoms with Gasteiger partial charge in [0.05, 0.1) is 10.6 Å². The number of carbonyl (C=O) groups is 2. The van der Waals surface area contributed by atoms with E-state index >= 15 is 0 Å². The summed E-state index contributed by atoms with van der Waals surface area (Å²) in [6, 6.07) is 15.0. The Kier molecular flexibility index (Phi) is 10.1. The summed E-state index contributed by atoms with van der Waals surface area (Å²) in [5.41, 5.74) is 1.07. The summed E-state index contributed by atoms with van der Waals surface area (Å²) in [6.45, 7) is 20.6. The highest BCUT2D eigenvalue weighted by Gasteiger charge is 2.64. The van der Waals surface area contributed by atoms with Crippen LogP contribution in [0.5, 0.6) is 5.75 Å². The number of anilines is 1. The van der Waals surface area contributed by atoms with Gasteiger partial charge in [-0.1, -0.05) is 39.3 Å². The quantitative estimate of drug-likeness (QED) is 0.357. The maximum atomic E-state index is 13.4. The van der Waals surface area contributed by atoms with Gasteiger partial charge in [0.2, 0.25) is 0 Å². The van der Waals surface area contributed by atoms with Crippen molar-refractivity contribution in [2.75, 3.05) is 50.7 Å². The van der Waals surface area contributed by atoms with E-state index in [1.54, 1.807) is 18.2 Å². The number of nitriles is 1. The van der Waals surface area contributed by atoms with Gasteiger partial charge in [0.25, 0.3) is 5.91 Å². The molecular weight excluding hydrogens is 614 g/mol. The summed E-state index contributed by atoms with van der Waals surface area (Å²) in [7, 11) is 0. The molecule has 10 heteroatoms. The van der Waals surface area contributed by atoms with Crippen LogP contribution in [0.25, 0.3) is 0 Å². The van der Waals surface area contributed by atoms with Gasteiger partial charge in [-0.05, 0) is 75.9 Å². The molecule has 2 aromatic carbocycles. The molecule has 2 aromatic rings. The van der Waals surface area contributed by atoms with Gasteiger partial charge < -0.3 is 24.6 Å². The SMILES string of the molecule is CC(C)(C)OC(=O)N1CCC(CN2CCN(c3ccc(C(=O)NC4C(C)(C)C(Oc5ccc(C#N)c(Cl)c5)C4(C)C)cc3)CC2)CC1. The maximum absolute atomic E-state index is 13.4. The Bertz CT molecular complexity index is 1460. The van der Waals surface area contributed by atoms with Crippen molar-refractivity contribution in [3.05, 3.63) is 58.6 Å². The number of ether oxygens (including phenoxy) is 2. The van der Waals surface area contributed by atoms with E-state index in [1.807, 2.05) is 37.8 Å². The van der Waals surface area contributed by atoms with Gasteiger partial charge in [-0.3, -0.25) is 9.69 Å². The molecule has 0 spiro atoms. The smallest absolute Gasteiger partial charge is 0.410 e. The summed E-state index contributed by atoms with van der Waals surface area (Å²) < 4.78 is 11.9. The molecule has 3 fully saturated rings. The second-order valence-electron chi connectivity index (χ2n) is 15.5. The van der Waals surface area contributed by atoms with Crippen molar-refractivity contribution in [1.82, 2.24) is 15.1 Å². The Morgan fingerprint density at radius 1 is 0.957 bits per heavy atom. The van der Waals surface area contributed by atoms with Crippen LogP contribution in [0, 0.1) is 28.1 Å². The molecule has 0 radical (unpaired) electrons. The van der Waals surface area contributed by atoms with Crippen molar-refractivity contribution in [2.45, 2.75) is 79.1 Å². The van der Waals surface area contributed by atoms with Crippen molar-refractivity contribution < 1.29 is 19.1 Å². The summed E-state index contributed by atoms with van der Waals surface area (Å²) in [4.78, 5) is 32.6. The van der Waals surface area contributed by atoms with Crippen LogP contribution in [0.4, 0.5) is 10.5 Å². The predicted molar refractivity (Wildman–Crippen MR) is 185 cm³/mol. The first-order chi connectivity index (χ1) is 22.1. The van der Waals surface area contributed by atoms with Gasteiger partial charge in [0.1, 0.15) is 23.5 Å². The number of hydrogen-bond donors (Lipinski definition) is 1. The Balaban J connectivity index is 1.08. The van der Waals surface area contributed by atoms with Crippen LogP contribution >= 0.6 is 11.6 Å². The lowest BCUT2D eigenvalue weighted by atomic mass is 9.49. The Hall–Kier alpha value is -3.48. The number of piperidine rings is 1. The summed E-state index contributed by atoms with van der Waals surface area (Å²) in [6.07, 6.45) is 1.67. The molecule has 254 valence electrons. The summed E-state index contributed by atoms with van der Waals surface area (Å²) >= 11 is 6.23. The summed E-state index contributed by atoms with van der Waals surface area (Å²) in [5.74, 6) is 1.12. The third kappa shape index (κ3) is 7.81. The van der Waals surface area contributed by atoms with E-state index < -0.39 is 5.60 Å². The third-order valence-electron chi connectivity index (χ3n) is 10.1. The van der Waals surface area contributed by atoms with Crippen LogP contribution in [0.2, 0.25) is 5.02 Å². The number of piperazine rings is 1. The van der Waals surface area contributed by atoms with Crippen molar-refractivity contribution in [3.63, 3.8) is 0 Å². The number of nitrogens with zero attached hydrogens (tertiary/aromatic N) is 4. The number of nitrogens with one attached hydrogen (secondary N) is 1. The van der Waals surface area contributed by atoms with Gasteiger partial charge in [0.15, 0.2) is 0 Å². The monoisotopic (exact) mass is 663 g/mol. The zero-order valence-corrected chi connectivity index (χ0v) is 29.7. The van der Waals surface area contributed by atoms with Crippen molar-refractivity contribution in [1.29, 1.82) is 5.26 Å². The fourth-order valence-corrected chi connectivity index (χ4v) is 8.02. The van der Waals surface area contributed by atoms with Crippen LogP contribution in [-0.2, 0) is 4.74 Å². The van der Waals surface area contributed by atoms with Gasteiger partial charge in [0, 0.05) is 80.0 Å². The number of carbonyl (C=O) groups excluding carboxylic acids is 2. The number of rotatable bonds is 7. The molecule has 1 aliphatic carbocycles. The van der Waals surface area contributed by atoms with Gasteiger partial charge in [-0.25, -0.2) is 4.79 Å². The molecular formula is C37H50ClN5O4. The van der Waals surface area contributed by atoms with Gasteiger partial charge in [-0.2, -0.15) is 5.26 Å². The lowest BCUT2D eigenvalue weighted by Gasteiger charge is -2.63. The van der Waals surface area contributed by atoms with Gasteiger partial charge >= 0.3 is 6.09 Å². The standard InChI is InChI=1S/C37H50ClN5O4/c1-35(2,3)47-34(45)43-16-14-25(15-17-43)24-41-18-20-42(21-19-41)28-11-8-26(9-12-28)31(44)40-32-36(4,5)33(37(32,6)7)46-29-13-10-27(23-39)30(38)22-29/h8-13,22,25,32-33H,14-21,24H2,1-7H3,(H,40,44). The Morgan fingerprint density at radius 3 is 2.13 bits per heavy atom. The molecule has 3 aliphatic rings. The van der Waals surface area contributed by atoms with E-state index in [-0.39, 0.29) is 35.0 Å². The van der Waals surface area contributed by atoms with E-state index in [9.17, 15) is 14.9 Å². The number of likely N-dealkylation sites (tertiary alicyclic amines) is 1. The van der Waals surface area contributed by atoms with Crippen LogP contribution in [0.1, 0.15) is 77.2 Å². The number of benzene rings is 2. The minimum atomic E-state index is -0.462. The average Bonchev–Trinajstić information content (AvgIpc) is 3.02. The molecule has 1 N–H and O–H groups in total. The normalized spacial score (nSPS) is 23.0. The van der Waals surface area contributed by atoms with Crippen LogP contribution in [0.3, 0.4) is 0 Å². The predicted octanol–water partition coefficient (Wildman–Crippen LogP) is 6.59. The molecule has 0 unspecified atom stereocenters. The number of halogens is 1. The second-order valence-corrected chi connectivity index (χ2v) is 16.0. The average molecular weight is 664 g/mol. The zero-order valence-electron chi connectivity index (χ0n) is 28.9.